The fraction of sp³-hybridized carbons (Fsp3) is 0.533. The highest BCUT2D eigenvalue weighted by Crippen LogP contribution is 2.23. The lowest BCUT2D eigenvalue weighted by atomic mass is 10.1. The van der Waals surface area contributed by atoms with Crippen molar-refractivity contribution >= 4 is 5.97 Å². The van der Waals surface area contributed by atoms with Crippen LogP contribution in [0.3, 0.4) is 0 Å². The first kappa shape index (κ1) is 14.7. The summed E-state index contributed by atoms with van der Waals surface area (Å²) in [6, 6.07) is 3.84. The molecule has 5 heteroatoms. The molecular formula is C15H21NO4. The van der Waals surface area contributed by atoms with Crippen LogP contribution in [0.25, 0.3) is 0 Å². The number of nitrogens with zero attached hydrogens (tertiary/aromatic N) is 1. The summed E-state index contributed by atoms with van der Waals surface area (Å²) in [5.41, 5.74) is 0.0840. The highest BCUT2D eigenvalue weighted by molar-refractivity contribution is 5.92. The van der Waals surface area contributed by atoms with Crippen molar-refractivity contribution < 1.29 is 19.7 Å². The Labute approximate surface area is 118 Å². The molecule has 1 aromatic carbocycles. The molecule has 0 aliphatic carbocycles. The van der Waals surface area contributed by atoms with Crippen molar-refractivity contribution in [1.29, 1.82) is 0 Å². The number of aromatic hydroxyl groups is 2. The second kappa shape index (κ2) is 7.14. The fourth-order valence-electron chi connectivity index (χ4n) is 2.41. The van der Waals surface area contributed by atoms with Crippen molar-refractivity contribution in [2.75, 3.05) is 26.2 Å². The van der Waals surface area contributed by atoms with Gasteiger partial charge in [0, 0.05) is 12.6 Å². The first-order valence-electron chi connectivity index (χ1n) is 7.08. The molecule has 1 aliphatic rings. The Balaban J connectivity index is 1.72. The number of hydrogen-bond donors (Lipinski definition) is 2. The lowest BCUT2D eigenvalue weighted by molar-refractivity contribution is 0.0482. The predicted octanol–water partition coefficient (Wildman–Crippen LogP) is 2.13. The van der Waals surface area contributed by atoms with Gasteiger partial charge >= 0.3 is 5.97 Å². The van der Waals surface area contributed by atoms with Gasteiger partial charge in [-0.2, -0.15) is 0 Å². The van der Waals surface area contributed by atoms with Crippen LogP contribution in [-0.2, 0) is 4.74 Å². The number of rotatable bonds is 5. The topological polar surface area (TPSA) is 70.0 Å². The van der Waals surface area contributed by atoms with E-state index in [-0.39, 0.29) is 17.1 Å². The van der Waals surface area contributed by atoms with Crippen molar-refractivity contribution in [3.63, 3.8) is 0 Å². The Morgan fingerprint density at radius 2 is 1.95 bits per heavy atom. The van der Waals surface area contributed by atoms with E-state index in [1.807, 2.05) is 0 Å². The van der Waals surface area contributed by atoms with Crippen molar-refractivity contribution in [3.8, 4) is 11.5 Å². The van der Waals surface area contributed by atoms with Gasteiger partial charge in [-0.25, -0.2) is 4.79 Å². The number of esters is 1. The van der Waals surface area contributed by atoms with Crippen LogP contribution in [-0.4, -0.2) is 47.3 Å². The van der Waals surface area contributed by atoms with Gasteiger partial charge in [-0.05, 0) is 44.5 Å². The predicted molar refractivity (Wildman–Crippen MR) is 75.0 cm³/mol. The van der Waals surface area contributed by atoms with Crippen LogP contribution in [0.5, 0.6) is 11.5 Å². The number of hydrogen-bond acceptors (Lipinski definition) is 5. The lowest BCUT2D eigenvalue weighted by Gasteiger charge is -2.26. The van der Waals surface area contributed by atoms with Gasteiger partial charge < -0.3 is 19.8 Å². The van der Waals surface area contributed by atoms with E-state index in [2.05, 4.69) is 4.90 Å². The third-order valence-electron chi connectivity index (χ3n) is 3.50. The summed E-state index contributed by atoms with van der Waals surface area (Å²) in [5, 5.41) is 18.7. The normalized spacial score (nSPS) is 16.0. The van der Waals surface area contributed by atoms with E-state index in [1.165, 1.54) is 31.4 Å². The minimum absolute atomic E-state index is 0.0795. The third kappa shape index (κ3) is 4.13. The van der Waals surface area contributed by atoms with E-state index >= 15 is 0 Å². The third-order valence-corrected chi connectivity index (χ3v) is 3.50. The number of phenolic OH excluding ortho intramolecular Hbond substituents is 2. The molecule has 0 radical (unpaired) electrons. The number of ether oxygens (including phenoxy) is 1. The van der Waals surface area contributed by atoms with Gasteiger partial charge in [-0.15, -0.1) is 0 Å². The van der Waals surface area contributed by atoms with Gasteiger partial charge in [-0.1, -0.05) is 6.42 Å². The second-order valence-corrected chi connectivity index (χ2v) is 5.09. The summed E-state index contributed by atoms with van der Waals surface area (Å²) in [6.07, 6.45) is 4.61. The fourth-order valence-corrected chi connectivity index (χ4v) is 2.41. The van der Waals surface area contributed by atoms with Gasteiger partial charge in [0.1, 0.15) is 17.1 Å². The maximum absolute atomic E-state index is 11.8. The largest absolute Gasteiger partial charge is 0.508 e. The summed E-state index contributed by atoms with van der Waals surface area (Å²) in [5.74, 6) is -0.892. The summed E-state index contributed by atoms with van der Waals surface area (Å²) in [7, 11) is 0. The molecule has 1 aliphatic heterocycles. The molecule has 2 rings (SSSR count). The summed E-state index contributed by atoms with van der Waals surface area (Å²) in [4.78, 5) is 14.1. The van der Waals surface area contributed by atoms with E-state index in [4.69, 9.17) is 9.84 Å². The molecule has 1 fully saturated rings. The average molecular weight is 279 g/mol. The Morgan fingerprint density at radius 3 is 2.65 bits per heavy atom. The maximum Gasteiger partial charge on any atom is 0.341 e. The van der Waals surface area contributed by atoms with Gasteiger partial charge in [0.2, 0.25) is 0 Å². The zero-order valence-corrected chi connectivity index (χ0v) is 11.5. The number of piperidine rings is 1. The summed E-state index contributed by atoms with van der Waals surface area (Å²) in [6.45, 7) is 3.55. The number of benzene rings is 1. The molecule has 20 heavy (non-hydrogen) atoms. The molecule has 2 N–H and O–H groups in total. The Kier molecular flexibility index (Phi) is 5.24. The molecule has 0 unspecified atom stereocenters. The van der Waals surface area contributed by atoms with Crippen LogP contribution in [0, 0.1) is 0 Å². The smallest absolute Gasteiger partial charge is 0.341 e. The minimum Gasteiger partial charge on any atom is -0.508 e. The molecule has 1 heterocycles. The van der Waals surface area contributed by atoms with Gasteiger partial charge in [0.25, 0.3) is 0 Å². The molecule has 110 valence electrons. The Morgan fingerprint density at radius 1 is 1.20 bits per heavy atom. The molecule has 5 nitrogen and oxygen atoms in total. The van der Waals surface area contributed by atoms with E-state index in [0.717, 1.165) is 32.1 Å². The van der Waals surface area contributed by atoms with Gasteiger partial charge in [0.15, 0.2) is 0 Å². The van der Waals surface area contributed by atoms with Crippen LogP contribution in [0.15, 0.2) is 18.2 Å². The highest BCUT2D eigenvalue weighted by Gasteiger charge is 2.14. The zero-order chi connectivity index (χ0) is 14.4. The van der Waals surface area contributed by atoms with Crippen molar-refractivity contribution in [3.05, 3.63) is 23.8 Å². The Hall–Kier alpha value is -1.75. The van der Waals surface area contributed by atoms with Crippen LogP contribution in [0.1, 0.15) is 36.0 Å². The SMILES string of the molecule is O=C(OCCCN1CCCCC1)c1ccc(O)cc1O. The van der Waals surface area contributed by atoms with Crippen molar-refractivity contribution in [2.24, 2.45) is 0 Å². The lowest BCUT2D eigenvalue weighted by Crippen LogP contribution is -2.31. The molecule has 0 saturated carbocycles. The summed E-state index contributed by atoms with van der Waals surface area (Å²) >= 11 is 0. The van der Waals surface area contributed by atoms with Crippen LogP contribution in [0.4, 0.5) is 0 Å². The van der Waals surface area contributed by atoms with Crippen LogP contribution < -0.4 is 0 Å². The molecule has 0 aromatic heterocycles. The van der Waals surface area contributed by atoms with Gasteiger partial charge in [-0.3, -0.25) is 0 Å². The van der Waals surface area contributed by atoms with E-state index in [1.54, 1.807) is 0 Å². The maximum atomic E-state index is 11.8. The first-order valence-corrected chi connectivity index (χ1v) is 7.08. The van der Waals surface area contributed by atoms with Crippen LogP contribution in [0.2, 0.25) is 0 Å². The Bertz CT molecular complexity index is 455. The van der Waals surface area contributed by atoms with Crippen molar-refractivity contribution in [2.45, 2.75) is 25.7 Å². The van der Waals surface area contributed by atoms with E-state index < -0.39 is 5.97 Å². The highest BCUT2D eigenvalue weighted by atomic mass is 16.5. The summed E-state index contributed by atoms with van der Waals surface area (Å²) < 4.78 is 5.13. The molecule has 0 spiro atoms. The van der Waals surface area contributed by atoms with E-state index in [0.29, 0.717) is 6.61 Å². The number of carbonyl (C=O) groups is 1. The van der Waals surface area contributed by atoms with Gasteiger partial charge in [0.05, 0.1) is 6.61 Å². The molecule has 1 aromatic rings. The minimum atomic E-state index is -0.554. The monoisotopic (exact) mass is 279 g/mol. The number of phenols is 2. The first-order chi connectivity index (χ1) is 9.66. The standard InChI is InChI=1S/C15H21NO4/c17-12-5-6-13(14(18)11-12)15(19)20-10-4-9-16-7-2-1-3-8-16/h5-6,11,17-18H,1-4,7-10H2. The molecular weight excluding hydrogens is 258 g/mol. The number of likely N-dealkylation sites (tertiary alicyclic amines) is 1. The van der Waals surface area contributed by atoms with E-state index in [9.17, 15) is 9.90 Å². The second-order valence-electron chi connectivity index (χ2n) is 5.09. The molecule has 1 saturated heterocycles. The average Bonchev–Trinajstić information content (AvgIpc) is 2.44. The molecule has 0 amide bonds. The van der Waals surface area contributed by atoms with Crippen molar-refractivity contribution in [1.82, 2.24) is 4.90 Å². The zero-order valence-electron chi connectivity index (χ0n) is 11.5. The molecule has 0 bridgehead atoms. The molecule has 0 atom stereocenters. The quantitative estimate of drug-likeness (QED) is 0.638. The van der Waals surface area contributed by atoms with Crippen LogP contribution >= 0.6 is 0 Å². The number of carbonyl (C=O) groups excluding carboxylic acids is 1.